The summed E-state index contributed by atoms with van der Waals surface area (Å²) in [5.74, 6) is 0.0290. The fraction of sp³-hybridized carbons (Fsp3) is 0.154. The van der Waals surface area contributed by atoms with Gasteiger partial charge in [-0.25, -0.2) is 4.39 Å². The molecular weight excluding hydrogens is 570 g/mol. The average molecular weight is 594 g/mol. The van der Waals surface area contributed by atoms with Gasteiger partial charge in [-0.3, -0.25) is 4.79 Å². The molecule has 4 rings (SSSR count). The number of carbonyl (C=O) groups excluding carboxylic acids is 1. The monoisotopic (exact) mass is 594 g/mol. The van der Waals surface area contributed by atoms with E-state index >= 15 is 0 Å². The van der Waals surface area contributed by atoms with E-state index in [1.165, 1.54) is 31.6 Å². The number of aryl methyl sites for hydroxylation is 2. The molecule has 0 saturated heterocycles. The maximum absolute atomic E-state index is 13.7. The van der Waals surface area contributed by atoms with Gasteiger partial charge in [-0.15, -0.1) is 34.9 Å². The predicted octanol–water partition coefficient (Wildman–Crippen LogP) is 6.62. The van der Waals surface area contributed by atoms with Crippen molar-refractivity contribution >= 4 is 27.3 Å². The Hall–Kier alpha value is -2.88. The number of fused-ring (bicyclic) bond motifs is 3. The van der Waals surface area contributed by atoms with Crippen LogP contribution in [-0.2, 0) is 20.1 Å². The minimum Gasteiger partial charge on any atom is -0.512 e. The molecule has 1 aromatic heterocycles. The van der Waals surface area contributed by atoms with Crippen LogP contribution >= 0.6 is 0 Å². The van der Waals surface area contributed by atoms with Gasteiger partial charge in [0.05, 0.1) is 18.8 Å². The maximum Gasteiger partial charge on any atom is 0.316 e. The van der Waals surface area contributed by atoms with Crippen LogP contribution in [0.2, 0.25) is 0 Å². The van der Waals surface area contributed by atoms with Gasteiger partial charge >= 0.3 is 5.78 Å². The van der Waals surface area contributed by atoms with Crippen LogP contribution in [0.25, 0.3) is 32.8 Å². The van der Waals surface area contributed by atoms with Crippen molar-refractivity contribution in [3.05, 3.63) is 89.6 Å². The largest absolute Gasteiger partial charge is 0.512 e. The van der Waals surface area contributed by atoms with E-state index in [1.807, 2.05) is 25.1 Å². The van der Waals surface area contributed by atoms with Gasteiger partial charge in [0.15, 0.2) is 0 Å². The number of rotatable bonds is 2. The summed E-state index contributed by atoms with van der Waals surface area (Å²) in [5.41, 5.74) is 4.14. The van der Waals surface area contributed by atoms with Crippen LogP contribution in [0.4, 0.5) is 4.39 Å². The molecule has 0 saturated carbocycles. The van der Waals surface area contributed by atoms with Gasteiger partial charge in [-0.05, 0) is 52.4 Å². The normalized spacial score (nSPS) is 10.9. The molecule has 5 heteroatoms. The van der Waals surface area contributed by atoms with Crippen LogP contribution in [-0.4, -0.2) is 20.7 Å². The molecule has 4 aromatic rings. The van der Waals surface area contributed by atoms with Gasteiger partial charge in [0.25, 0.3) is 0 Å². The zero-order chi connectivity index (χ0) is 21.8. The summed E-state index contributed by atoms with van der Waals surface area (Å²) >= 11 is 0. The minimum atomic E-state index is -0.221. The number of aliphatic hydroxyl groups excluding tert-OH is 1. The first-order chi connectivity index (χ1) is 14.2. The average Bonchev–Trinajstić information content (AvgIpc) is 2.66. The Morgan fingerprint density at radius 2 is 1.71 bits per heavy atom. The number of ketones is 1. The Labute approximate surface area is 195 Å². The molecule has 1 radical (unpaired) electrons. The Kier molecular flexibility index (Phi) is 8.21. The first-order valence-electron chi connectivity index (χ1n) is 9.62. The molecule has 1 heterocycles. The van der Waals surface area contributed by atoms with E-state index in [-0.39, 0.29) is 37.5 Å². The van der Waals surface area contributed by atoms with Gasteiger partial charge in [0.2, 0.25) is 0 Å². The van der Waals surface area contributed by atoms with Crippen LogP contribution in [0, 0.1) is 25.7 Å². The summed E-state index contributed by atoms with van der Waals surface area (Å²) in [6.07, 6.45) is 3.06. The number of aliphatic hydroxyl groups is 1. The fourth-order valence-corrected chi connectivity index (χ4v) is 3.50. The molecule has 0 bridgehead atoms. The number of hydrogen-bond donors (Lipinski definition) is 1. The molecule has 0 unspecified atom stereocenters. The van der Waals surface area contributed by atoms with E-state index in [0.717, 1.165) is 38.4 Å². The SMILES string of the molecule is CC(=[OH+])/C=C(/C)O.Cc1[c-]c(-c2nccc3c2ccc2ccc(F)cc23)cc(C)c1.[Ir]. The Morgan fingerprint density at radius 1 is 1.00 bits per heavy atom. The number of benzene rings is 3. The van der Waals surface area contributed by atoms with Crippen molar-refractivity contribution in [3.8, 4) is 11.3 Å². The van der Waals surface area contributed by atoms with Crippen LogP contribution in [0.1, 0.15) is 25.0 Å². The molecule has 2 N–H and O–H groups in total. The van der Waals surface area contributed by atoms with E-state index < -0.39 is 0 Å². The molecule has 161 valence electrons. The quantitative estimate of drug-likeness (QED) is 0.0934. The van der Waals surface area contributed by atoms with Crippen LogP contribution in [0.3, 0.4) is 0 Å². The molecule has 0 atom stereocenters. The van der Waals surface area contributed by atoms with Gasteiger partial charge in [0.1, 0.15) is 5.82 Å². The van der Waals surface area contributed by atoms with Gasteiger partial charge in [-0.2, -0.15) is 0 Å². The molecule has 0 spiro atoms. The second-order valence-corrected chi connectivity index (χ2v) is 7.37. The van der Waals surface area contributed by atoms with Crippen molar-refractivity contribution in [1.29, 1.82) is 0 Å². The van der Waals surface area contributed by atoms with Crippen LogP contribution in [0.15, 0.2) is 66.6 Å². The maximum atomic E-state index is 13.7. The Balaban J connectivity index is 0.000000373. The van der Waals surface area contributed by atoms with Crippen molar-refractivity contribution < 1.29 is 34.4 Å². The molecule has 0 aliphatic rings. The Bertz CT molecular complexity index is 1260. The van der Waals surface area contributed by atoms with Crippen molar-refractivity contribution in [2.45, 2.75) is 27.7 Å². The first kappa shape index (κ1) is 24.4. The van der Waals surface area contributed by atoms with Crippen molar-refractivity contribution in [2.24, 2.45) is 0 Å². The molecule has 0 fully saturated rings. The van der Waals surface area contributed by atoms with E-state index in [0.29, 0.717) is 0 Å². The van der Waals surface area contributed by atoms with E-state index in [1.54, 1.807) is 12.3 Å². The standard InChI is InChI=1S/C21H15FN.C5H8O2.Ir/c1-13-9-14(2)11-16(10-13)21-19-6-4-15-3-5-17(22)12-20(15)18(19)7-8-23-21;1-4(6)3-5(2)7;/h3-10,12H,1-2H3;3,6H,1-2H3;/q-1;;/p+1/b;4-3-;. The molecule has 0 amide bonds. The van der Waals surface area contributed by atoms with Crippen LogP contribution < -0.4 is 0 Å². The molecular formula is C26H24FIrNO2. The number of hydrogen-bond acceptors (Lipinski definition) is 2. The number of halogens is 1. The molecule has 0 aliphatic heterocycles. The Morgan fingerprint density at radius 3 is 2.32 bits per heavy atom. The van der Waals surface area contributed by atoms with E-state index in [2.05, 4.69) is 36.2 Å². The smallest absolute Gasteiger partial charge is 0.316 e. The zero-order valence-electron chi connectivity index (χ0n) is 17.8. The van der Waals surface area contributed by atoms with Gasteiger partial charge < -0.3 is 10.1 Å². The predicted molar refractivity (Wildman–Crippen MR) is 122 cm³/mol. The third-order valence-corrected chi connectivity index (χ3v) is 4.55. The third kappa shape index (κ3) is 6.06. The van der Waals surface area contributed by atoms with Gasteiger partial charge in [0, 0.05) is 26.3 Å². The summed E-state index contributed by atoms with van der Waals surface area (Å²) in [6, 6.07) is 18.5. The number of pyridine rings is 1. The van der Waals surface area contributed by atoms with Crippen LogP contribution in [0.5, 0.6) is 0 Å². The molecule has 3 aromatic carbocycles. The summed E-state index contributed by atoms with van der Waals surface area (Å²) in [5, 5.41) is 12.4. The van der Waals surface area contributed by atoms with E-state index in [4.69, 9.17) is 9.90 Å². The van der Waals surface area contributed by atoms with Crippen molar-refractivity contribution in [1.82, 2.24) is 4.98 Å². The van der Waals surface area contributed by atoms with E-state index in [9.17, 15) is 4.39 Å². The molecule has 3 nitrogen and oxygen atoms in total. The topological polar surface area (TPSA) is 54.5 Å². The fourth-order valence-electron chi connectivity index (χ4n) is 3.50. The summed E-state index contributed by atoms with van der Waals surface area (Å²) in [6.45, 7) is 7.10. The summed E-state index contributed by atoms with van der Waals surface area (Å²) in [4.78, 5) is 13.0. The molecule has 31 heavy (non-hydrogen) atoms. The number of allylic oxidation sites excluding steroid dienone is 2. The minimum absolute atomic E-state index is 0. The number of nitrogens with zero attached hydrogens (tertiary/aromatic N) is 1. The third-order valence-electron chi connectivity index (χ3n) is 4.55. The summed E-state index contributed by atoms with van der Waals surface area (Å²) < 4.78 is 13.7. The second kappa shape index (κ2) is 10.4. The number of aromatic nitrogens is 1. The molecule has 0 aliphatic carbocycles. The first-order valence-corrected chi connectivity index (χ1v) is 9.62. The van der Waals surface area contributed by atoms with Crippen molar-refractivity contribution in [2.75, 3.05) is 0 Å². The summed E-state index contributed by atoms with van der Waals surface area (Å²) in [7, 11) is 0. The zero-order valence-corrected chi connectivity index (χ0v) is 20.2. The van der Waals surface area contributed by atoms with Crippen molar-refractivity contribution in [3.63, 3.8) is 0 Å². The van der Waals surface area contributed by atoms with Gasteiger partial charge in [-0.1, -0.05) is 32.0 Å². The second-order valence-electron chi connectivity index (χ2n) is 7.37.